The predicted molar refractivity (Wildman–Crippen MR) is 40.1 cm³/mol. The van der Waals surface area contributed by atoms with E-state index in [1.54, 1.807) is 0 Å². The fourth-order valence-corrected chi connectivity index (χ4v) is 0.980. The molecule has 0 bridgehead atoms. The molecule has 0 atom stereocenters. The van der Waals surface area contributed by atoms with E-state index < -0.39 is 0 Å². The number of hydrogen-bond donors (Lipinski definition) is 1. The maximum atomic E-state index is 10.4. The summed E-state index contributed by atoms with van der Waals surface area (Å²) in [7, 11) is 0. The molecule has 4 N–H and O–H groups in total. The molecule has 1 amide bonds. The highest BCUT2D eigenvalue weighted by Crippen LogP contribution is 1.94. The van der Waals surface area contributed by atoms with Crippen LogP contribution in [0.2, 0.25) is 0 Å². The molecule has 0 aromatic carbocycles. The van der Waals surface area contributed by atoms with Crippen LogP contribution < -0.4 is 5.73 Å². The fraction of sp³-hybridized carbons (Fsp3) is 0.833. The normalized spacial score (nSPS) is 18.9. The van der Waals surface area contributed by atoms with E-state index in [1.165, 1.54) is 0 Å². The summed E-state index contributed by atoms with van der Waals surface area (Å²) >= 11 is 0. The molecule has 0 spiro atoms. The average Bonchev–Trinajstić information content (AvgIpc) is 1.88. The van der Waals surface area contributed by atoms with Crippen LogP contribution in [0.3, 0.4) is 0 Å². The van der Waals surface area contributed by atoms with Crippen LogP contribution in [0.1, 0.15) is 0 Å². The third-order valence-corrected chi connectivity index (χ3v) is 1.48. The van der Waals surface area contributed by atoms with E-state index in [0.717, 1.165) is 13.1 Å². The summed E-state index contributed by atoms with van der Waals surface area (Å²) in [6.07, 6.45) is 0. The zero-order valence-electron chi connectivity index (χ0n) is 6.38. The van der Waals surface area contributed by atoms with Crippen molar-refractivity contribution in [3.05, 3.63) is 0 Å². The van der Waals surface area contributed by atoms with Crippen LogP contribution in [-0.4, -0.2) is 49.1 Å². The van der Waals surface area contributed by atoms with Crippen LogP contribution in [0.4, 0.5) is 0 Å². The van der Waals surface area contributed by atoms with Crippen molar-refractivity contribution in [1.82, 2.24) is 4.90 Å². The Bertz CT molecular complexity index is 123. The van der Waals surface area contributed by atoms with Crippen LogP contribution in [-0.2, 0) is 9.53 Å². The van der Waals surface area contributed by atoms with E-state index in [4.69, 9.17) is 10.5 Å². The monoisotopic (exact) mass is 162 g/mol. The average molecular weight is 162 g/mol. The molecule has 1 aliphatic rings. The Balaban J connectivity index is 0.000001000. The van der Waals surface area contributed by atoms with Gasteiger partial charge < -0.3 is 15.9 Å². The van der Waals surface area contributed by atoms with Gasteiger partial charge >= 0.3 is 0 Å². The molecule has 5 heteroatoms. The molecule has 1 aliphatic heterocycles. The zero-order valence-corrected chi connectivity index (χ0v) is 6.38. The highest BCUT2D eigenvalue weighted by Gasteiger charge is 2.11. The number of ether oxygens (including phenoxy) is 1. The minimum Gasteiger partial charge on any atom is -0.412 e. The van der Waals surface area contributed by atoms with E-state index in [0.29, 0.717) is 19.8 Å². The van der Waals surface area contributed by atoms with Gasteiger partial charge in [-0.15, -0.1) is 0 Å². The van der Waals surface area contributed by atoms with Gasteiger partial charge in [0.1, 0.15) is 0 Å². The number of morpholine rings is 1. The van der Waals surface area contributed by atoms with Gasteiger partial charge in [-0.25, -0.2) is 0 Å². The van der Waals surface area contributed by atoms with E-state index in [9.17, 15) is 4.79 Å². The number of carbonyl (C=O) groups is 1. The summed E-state index contributed by atoms with van der Waals surface area (Å²) < 4.78 is 5.09. The number of primary amides is 1. The van der Waals surface area contributed by atoms with E-state index in [1.807, 2.05) is 4.90 Å². The van der Waals surface area contributed by atoms with Gasteiger partial charge in [0.15, 0.2) is 0 Å². The van der Waals surface area contributed by atoms with Crippen molar-refractivity contribution >= 4 is 5.91 Å². The van der Waals surface area contributed by atoms with Gasteiger partial charge in [0.05, 0.1) is 19.8 Å². The highest BCUT2D eigenvalue weighted by molar-refractivity contribution is 5.75. The van der Waals surface area contributed by atoms with Gasteiger partial charge in [-0.1, -0.05) is 0 Å². The van der Waals surface area contributed by atoms with E-state index in [2.05, 4.69) is 0 Å². The Morgan fingerprint density at radius 3 is 2.45 bits per heavy atom. The quantitative estimate of drug-likeness (QED) is 0.508. The molecule has 1 rings (SSSR count). The van der Waals surface area contributed by atoms with Crippen molar-refractivity contribution in [3.8, 4) is 0 Å². The Morgan fingerprint density at radius 2 is 2.00 bits per heavy atom. The standard InChI is InChI=1S/C6H12N2O2.H2O/c7-6(9)5-8-1-3-10-4-2-8;/h1-5H2,(H2,7,9);1H2. The Morgan fingerprint density at radius 1 is 1.45 bits per heavy atom. The summed E-state index contributed by atoms with van der Waals surface area (Å²) in [6, 6.07) is 0. The van der Waals surface area contributed by atoms with Crippen LogP contribution >= 0.6 is 0 Å². The Hall–Kier alpha value is -0.650. The molecule has 1 fully saturated rings. The van der Waals surface area contributed by atoms with E-state index >= 15 is 0 Å². The number of amides is 1. The Labute approximate surface area is 65.4 Å². The molecular weight excluding hydrogens is 148 g/mol. The molecule has 0 saturated carbocycles. The molecule has 5 nitrogen and oxygen atoms in total. The molecule has 0 radical (unpaired) electrons. The minimum atomic E-state index is -0.262. The van der Waals surface area contributed by atoms with Gasteiger partial charge in [0.2, 0.25) is 5.91 Å². The first-order valence-electron chi connectivity index (χ1n) is 3.37. The molecule has 0 aromatic rings. The van der Waals surface area contributed by atoms with Crippen molar-refractivity contribution in [2.75, 3.05) is 32.8 Å². The molecule has 0 unspecified atom stereocenters. The molecular formula is C6H14N2O3. The third-order valence-electron chi connectivity index (χ3n) is 1.48. The first-order valence-corrected chi connectivity index (χ1v) is 3.37. The second-order valence-corrected chi connectivity index (χ2v) is 2.35. The minimum absolute atomic E-state index is 0. The van der Waals surface area contributed by atoms with Gasteiger partial charge in [0.25, 0.3) is 0 Å². The number of hydrogen-bond acceptors (Lipinski definition) is 3. The molecule has 66 valence electrons. The van der Waals surface area contributed by atoms with Crippen LogP contribution in [0.15, 0.2) is 0 Å². The number of nitrogens with zero attached hydrogens (tertiary/aromatic N) is 1. The Kier molecular flexibility index (Phi) is 4.76. The highest BCUT2D eigenvalue weighted by atomic mass is 16.5. The molecule has 1 heterocycles. The first-order chi connectivity index (χ1) is 4.79. The lowest BCUT2D eigenvalue weighted by Crippen LogP contribution is -2.41. The number of rotatable bonds is 2. The summed E-state index contributed by atoms with van der Waals surface area (Å²) in [5.41, 5.74) is 5.00. The second kappa shape index (κ2) is 5.06. The zero-order chi connectivity index (χ0) is 7.40. The first kappa shape index (κ1) is 10.3. The lowest BCUT2D eigenvalue weighted by Gasteiger charge is -2.24. The summed E-state index contributed by atoms with van der Waals surface area (Å²) in [4.78, 5) is 12.4. The number of carbonyl (C=O) groups excluding carboxylic acids is 1. The molecule has 0 aromatic heterocycles. The van der Waals surface area contributed by atoms with Crippen LogP contribution in [0, 0.1) is 0 Å². The summed E-state index contributed by atoms with van der Waals surface area (Å²) in [5, 5.41) is 0. The third kappa shape index (κ3) is 3.92. The maximum Gasteiger partial charge on any atom is 0.231 e. The summed E-state index contributed by atoms with van der Waals surface area (Å²) in [6.45, 7) is 3.44. The maximum absolute atomic E-state index is 10.4. The largest absolute Gasteiger partial charge is 0.412 e. The molecule has 11 heavy (non-hydrogen) atoms. The second-order valence-electron chi connectivity index (χ2n) is 2.35. The predicted octanol–water partition coefficient (Wildman–Crippen LogP) is -2.02. The van der Waals surface area contributed by atoms with E-state index in [-0.39, 0.29) is 11.4 Å². The van der Waals surface area contributed by atoms with Crippen molar-refractivity contribution in [2.24, 2.45) is 5.73 Å². The topological polar surface area (TPSA) is 87.1 Å². The SMILES string of the molecule is NC(=O)CN1CCOCC1.O. The van der Waals surface area contributed by atoms with Gasteiger partial charge in [-0.05, 0) is 0 Å². The van der Waals surface area contributed by atoms with Gasteiger partial charge in [0, 0.05) is 13.1 Å². The van der Waals surface area contributed by atoms with Crippen molar-refractivity contribution in [3.63, 3.8) is 0 Å². The molecule has 1 saturated heterocycles. The van der Waals surface area contributed by atoms with Gasteiger partial charge in [-0.2, -0.15) is 0 Å². The smallest absolute Gasteiger partial charge is 0.231 e. The van der Waals surface area contributed by atoms with Crippen molar-refractivity contribution in [1.29, 1.82) is 0 Å². The number of nitrogens with two attached hydrogens (primary N) is 1. The lowest BCUT2D eigenvalue weighted by molar-refractivity contribution is -0.120. The summed E-state index contributed by atoms with van der Waals surface area (Å²) in [5.74, 6) is -0.262. The van der Waals surface area contributed by atoms with Crippen molar-refractivity contribution in [2.45, 2.75) is 0 Å². The molecule has 0 aliphatic carbocycles. The lowest BCUT2D eigenvalue weighted by atomic mass is 10.4. The van der Waals surface area contributed by atoms with Crippen LogP contribution in [0.25, 0.3) is 0 Å². The fourth-order valence-electron chi connectivity index (χ4n) is 0.980. The van der Waals surface area contributed by atoms with Crippen LogP contribution in [0.5, 0.6) is 0 Å². The van der Waals surface area contributed by atoms with Gasteiger partial charge in [-0.3, -0.25) is 9.69 Å². The van der Waals surface area contributed by atoms with Crippen molar-refractivity contribution < 1.29 is 15.0 Å².